The molecule has 1 saturated carbocycles. The summed E-state index contributed by atoms with van der Waals surface area (Å²) in [4.78, 5) is 11.7. The maximum Gasteiger partial charge on any atom is 0.238 e. The number of amides is 1. The third-order valence-electron chi connectivity index (χ3n) is 4.52. The number of rotatable bonds is 7. The molecule has 0 spiro atoms. The Hall–Kier alpha value is -0.610. The number of likely N-dealkylation sites (N-methyl/N-ethyl adjacent to an activating group) is 1. The van der Waals surface area contributed by atoms with E-state index in [1.807, 2.05) is 7.05 Å². The summed E-state index contributed by atoms with van der Waals surface area (Å²) in [6, 6.07) is 0. The van der Waals surface area contributed by atoms with Crippen LogP contribution in [-0.2, 0) is 9.53 Å². The fraction of sp³-hybridized carbons (Fsp3) is 0.929. The highest BCUT2D eigenvalue weighted by Gasteiger charge is 2.46. The van der Waals surface area contributed by atoms with Crippen LogP contribution in [0.2, 0.25) is 0 Å². The highest BCUT2D eigenvalue weighted by atomic mass is 16.5. The molecule has 106 valence electrons. The van der Waals surface area contributed by atoms with Crippen LogP contribution in [0.5, 0.6) is 0 Å². The standard InChI is InChI=1S/C14H28N2O2/c1-5-13(2,3)18-10-8-11-7-6-9-14(11,16-4)12(15)17/h11,16H,5-10H2,1-4H3,(H2,15,17). The van der Waals surface area contributed by atoms with Crippen molar-refractivity contribution in [3.05, 3.63) is 0 Å². The van der Waals surface area contributed by atoms with Crippen molar-refractivity contribution in [3.63, 3.8) is 0 Å². The first-order valence-electron chi connectivity index (χ1n) is 7.00. The molecule has 0 aromatic heterocycles. The average molecular weight is 256 g/mol. The molecule has 1 aliphatic rings. The molecule has 2 unspecified atom stereocenters. The molecule has 2 atom stereocenters. The van der Waals surface area contributed by atoms with Crippen LogP contribution in [0, 0.1) is 5.92 Å². The summed E-state index contributed by atoms with van der Waals surface area (Å²) in [5.41, 5.74) is 4.99. The maximum atomic E-state index is 11.7. The van der Waals surface area contributed by atoms with Gasteiger partial charge in [0.2, 0.25) is 5.91 Å². The molecule has 0 saturated heterocycles. The Kier molecular flexibility index (Phi) is 5.17. The maximum absolute atomic E-state index is 11.7. The van der Waals surface area contributed by atoms with Gasteiger partial charge in [-0.25, -0.2) is 0 Å². The zero-order chi connectivity index (χ0) is 13.8. The second-order valence-electron chi connectivity index (χ2n) is 5.93. The van der Waals surface area contributed by atoms with Crippen molar-refractivity contribution in [2.24, 2.45) is 11.7 Å². The molecule has 4 heteroatoms. The molecule has 0 bridgehead atoms. The zero-order valence-corrected chi connectivity index (χ0v) is 12.2. The van der Waals surface area contributed by atoms with Gasteiger partial charge in [-0.2, -0.15) is 0 Å². The summed E-state index contributed by atoms with van der Waals surface area (Å²) in [5, 5.41) is 3.16. The molecule has 1 aliphatic carbocycles. The van der Waals surface area contributed by atoms with E-state index in [1.54, 1.807) is 0 Å². The van der Waals surface area contributed by atoms with Gasteiger partial charge in [0, 0.05) is 6.61 Å². The van der Waals surface area contributed by atoms with Crippen molar-refractivity contribution in [2.75, 3.05) is 13.7 Å². The van der Waals surface area contributed by atoms with Crippen LogP contribution < -0.4 is 11.1 Å². The van der Waals surface area contributed by atoms with E-state index in [0.717, 1.165) is 32.1 Å². The number of primary amides is 1. The van der Waals surface area contributed by atoms with Crippen molar-refractivity contribution in [1.82, 2.24) is 5.32 Å². The normalized spacial score (nSPS) is 28.6. The molecule has 0 aromatic carbocycles. The quantitative estimate of drug-likeness (QED) is 0.730. The highest BCUT2D eigenvalue weighted by molar-refractivity contribution is 5.85. The van der Waals surface area contributed by atoms with E-state index in [-0.39, 0.29) is 11.5 Å². The fourth-order valence-corrected chi connectivity index (χ4v) is 2.82. The van der Waals surface area contributed by atoms with Crippen LogP contribution in [0.1, 0.15) is 52.9 Å². The lowest BCUT2D eigenvalue weighted by Crippen LogP contribution is -2.56. The minimum atomic E-state index is -0.514. The number of hydrogen-bond donors (Lipinski definition) is 2. The van der Waals surface area contributed by atoms with Gasteiger partial charge in [0.15, 0.2) is 0 Å². The molecule has 1 rings (SSSR count). The summed E-state index contributed by atoms with van der Waals surface area (Å²) >= 11 is 0. The Bertz CT molecular complexity index is 292. The molecule has 1 amide bonds. The molecule has 3 N–H and O–H groups in total. The van der Waals surface area contributed by atoms with E-state index in [4.69, 9.17) is 10.5 Å². The van der Waals surface area contributed by atoms with Gasteiger partial charge in [-0.05, 0) is 52.5 Å². The lowest BCUT2D eigenvalue weighted by atomic mass is 9.84. The SMILES string of the molecule is CCC(C)(C)OCCC1CCCC1(NC)C(N)=O. The van der Waals surface area contributed by atoms with Crippen molar-refractivity contribution in [1.29, 1.82) is 0 Å². The van der Waals surface area contributed by atoms with Crippen molar-refractivity contribution in [2.45, 2.75) is 64.0 Å². The first-order valence-corrected chi connectivity index (χ1v) is 7.00. The summed E-state index contributed by atoms with van der Waals surface area (Å²) in [6.45, 7) is 7.02. The van der Waals surface area contributed by atoms with Crippen LogP contribution >= 0.6 is 0 Å². The van der Waals surface area contributed by atoms with Gasteiger partial charge < -0.3 is 15.8 Å². The molecule has 1 fully saturated rings. The molecule has 0 aliphatic heterocycles. The third kappa shape index (κ3) is 3.23. The number of nitrogens with one attached hydrogen (secondary N) is 1. The zero-order valence-electron chi connectivity index (χ0n) is 12.2. The predicted molar refractivity (Wildman–Crippen MR) is 73.3 cm³/mol. The van der Waals surface area contributed by atoms with E-state index >= 15 is 0 Å². The summed E-state index contributed by atoms with van der Waals surface area (Å²) in [7, 11) is 1.83. The van der Waals surface area contributed by atoms with Crippen molar-refractivity contribution < 1.29 is 9.53 Å². The van der Waals surface area contributed by atoms with E-state index < -0.39 is 5.54 Å². The van der Waals surface area contributed by atoms with Crippen molar-refractivity contribution in [3.8, 4) is 0 Å². The molecule has 4 nitrogen and oxygen atoms in total. The average Bonchev–Trinajstić information content (AvgIpc) is 2.73. The van der Waals surface area contributed by atoms with E-state index in [2.05, 4.69) is 26.1 Å². The van der Waals surface area contributed by atoms with E-state index in [9.17, 15) is 4.79 Å². The fourth-order valence-electron chi connectivity index (χ4n) is 2.82. The summed E-state index contributed by atoms with van der Waals surface area (Å²) in [5.74, 6) is 0.0786. The molecule has 0 radical (unpaired) electrons. The topological polar surface area (TPSA) is 64.3 Å². The Morgan fingerprint density at radius 1 is 1.56 bits per heavy atom. The largest absolute Gasteiger partial charge is 0.376 e. The first kappa shape index (κ1) is 15.4. The first-order chi connectivity index (χ1) is 8.38. The second-order valence-corrected chi connectivity index (χ2v) is 5.93. The Labute approximate surface area is 111 Å². The van der Waals surface area contributed by atoms with Gasteiger partial charge in [-0.15, -0.1) is 0 Å². The van der Waals surface area contributed by atoms with Crippen molar-refractivity contribution >= 4 is 5.91 Å². The minimum Gasteiger partial charge on any atom is -0.376 e. The second kappa shape index (κ2) is 6.02. The lowest BCUT2D eigenvalue weighted by Gasteiger charge is -2.33. The van der Waals surface area contributed by atoms with Gasteiger partial charge in [0.25, 0.3) is 0 Å². The monoisotopic (exact) mass is 256 g/mol. The molecule has 0 aromatic rings. The number of carbonyl (C=O) groups excluding carboxylic acids is 1. The van der Waals surface area contributed by atoms with Crippen LogP contribution in [0.25, 0.3) is 0 Å². The summed E-state index contributed by atoms with van der Waals surface area (Å²) in [6.07, 6.45) is 4.85. The molecule has 0 heterocycles. The Morgan fingerprint density at radius 2 is 2.22 bits per heavy atom. The minimum absolute atomic E-state index is 0.0758. The number of hydrogen-bond acceptors (Lipinski definition) is 3. The van der Waals surface area contributed by atoms with Gasteiger partial charge in [0.1, 0.15) is 5.54 Å². The van der Waals surface area contributed by atoms with Crippen LogP contribution in [0.15, 0.2) is 0 Å². The van der Waals surface area contributed by atoms with Crippen LogP contribution in [0.4, 0.5) is 0 Å². The molecule has 18 heavy (non-hydrogen) atoms. The molecular weight excluding hydrogens is 228 g/mol. The predicted octanol–water partition coefficient (Wildman–Crippen LogP) is 1.83. The Balaban J connectivity index is 2.53. The van der Waals surface area contributed by atoms with E-state index in [1.165, 1.54) is 0 Å². The van der Waals surface area contributed by atoms with Gasteiger partial charge in [-0.3, -0.25) is 4.79 Å². The highest BCUT2D eigenvalue weighted by Crippen LogP contribution is 2.37. The smallest absolute Gasteiger partial charge is 0.238 e. The number of carbonyl (C=O) groups is 1. The van der Waals surface area contributed by atoms with Gasteiger partial charge in [-0.1, -0.05) is 13.3 Å². The van der Waals surface area contributed by atoms with Crippen LogP contribution in [0.3, 0.4) is 0 Å². The van der Waals surface area contributed by atoms with Gasteiger partial charge >= 0.3 is 0 Å². The third-order valence-corrected chi connectivity index (χ3v) is 4.52. The number of ether oxygens (including phenoxy) is 1. The lowest BCUT2D eigenvalue weighted by molar-refractivity contribution is -0.126. The summed E-state index contributed by atoms with van der Waals surface area (Å²) < 4.78 is 5.88. The molecular formula is C14H28N2O2. The van der Waals surface area contributed by atoms with Gasteiger partial charge in [0.05, 0.1) is 5.60 Å². The van der Waals surface area contributed by atoms with E-state index in [0.29, 0.717) is 12.5 Å². The van der Waals surface area contributed by atoms with Crippen LogP contribution in [-0.4, -0.2) is 30.7 Å². The Morgan fingerprint density at radius 3 is 2.72 bits per heavy atom. The number of nitrogens with two attached hydrogens (primary N) is 1.